The lowest BCUT2D eigenvalue weighted by Crippen LogP contribution is -2.15. The van der Waals surface area contributed by atoms with Crippen LogP contribution in [0.4, 0.5) is 5.69 Å². The highest BCUT2D eigenvalue weighted by Crippen LogP contribution is 2.22. The van der Waals surface area contributed by atoms with E-state index in [0.29, 0.717) is 23.0 Å². The molecule has 1 amide bonds. The third-order valence-corrected chi connectivity index (χ3v) is 4.43. The average Bonchev–Trinajstić information content (AvgIpc) is 2.96. The van der Waals surface area contributed by atoms with Gasteiger partial charge in [-0.25, -0.2) is 0 Å². The van der Waals surface area contributed by atoms with Gasteiger partial charge in [0.25, 0.3) is 0 Å². The summed E-state index contributed by atoms with van der Waals surface area (Å²) in [5.41, 5.74) is 1.17. The highest BCUT2D eigenvalue weighted by molar-refractivity contribution is 7.99. The quantitative estimate of drug-likeness (QED) is 0.444. The maximum atomic E-state index is 12.2. The number of nitrogens with one attached hydrogen (secondary N) is 1. The van der Waals surface area contributed by atoms with Gasteiger partial charge in [0.1, 0.15) is 5.82 Å². The van der Waals surface area contributed by atoms with E-state index in [-0.39, 0.29) is 23.4 Å². The van der Waals surface area contributed by atoms with Crippen LogP contribution in [-0.2, 0) is 11.3 Å². The molecule has 1 aromatic heterocycles. The minimum atomic E-state index is -0.162. The molecule has 0 aliphatic carbocycles. The first-order valence-electron chi connectivity index (χ1n) is 8.00. The summed E-state index contributed by atoms with van der Waals surface area (Å²) >= 11 is 1.33. The molecule has 1 N–H and O–H groups in total. The molecule has 0 atom stereocenters. The third kappa shape index (κ3) is 5.03. The van der Waals surface area contributed by atoms with Gasteiger partial charge in [0.15, 0.2) is 10.9 Å². The summed E-state index contributed by atoms with van der Waals surface area (Å²) in [6, 6.07) is 6.89. The van der Waals surface area contributed by atoms with E-state index in [9.17, 15) is 9.59 Å². The number of ketones is 1. The van der Waals surface area contributed by atoms with Gasteiger partial charge in [-0.1, -0.05) is 43.8 Å². The summed E-state index contributed by atoms with van der Waals surface area (Å²) in [4.78, 5) is 23.6. The van der Waals surface area contributed by atoms with Crippen molar-refractivity contribution in [2.45, 2.75) is 38.4 Å². The average molecular weight is 358 g/mol. The topological polar surface area (TPSA) is 76.9 Å². The summed E-state index contributed by atoms with van der Waals surface area (Å²) in [7, 11) is 0. The normalized spacial score (nSPS) is 10.7. The van der Waals surface area contributed by atoms with Gasteiger partial charge in [-0.3, -0.25) is 9.59 Å². The molecular weight excluding hydrogens is 336 g/mol. The van der Waals surface area contributed by atoms with Crippen LogP contribution in [0.2, 0.25) is 0 Å². The predicted octanol–water partition coefficient (Wildman–Crippen LogP) is 3.52. The fourth-order valence-electron chi connectivity index (χ4n) is 2.28. The number of anilines is 1. The lowest BCUT2D eigenvalue weighted by atomic mass is 10.1. The summed E-state index contributed by atoms with van der Waals surface area (Å²) in [6.45, 7) is 9.95. The summed E-state index contributed by atoms with van der Waals surface area (Å²) in [5.74, 6) is 1.12. The number of hydrogen-bond acceptors (Lipinski definition) is 5. The zero-order valence-electron chi connectivity index (χ0n) is 14.7. The van der Waals surface area contributed by atoms with Crippen molar-refractivity contribution in [1.82, 2.24) is 14.8 Å². The number of allylic oxidation sites excluding steroid dienone is 1. The van der Waals surface area contributed by atoms with E-state index >= 15 is 0 Å². The van der Waals surface area contributed by atoms with Crippen LogP contribution in [0.25, 0.3) is 0 Å². The van der Waals surface area contributed by atoms with E-state index in [1.165, 1.54) is 18.7 Å². The number of carbonyl (C=O) groups is 2. The second kappa shape index (κ2) is 8.62. The van der Waals surface area contributed by atoms with Crippen molar-refractivity contribution in [1.29, 1.82) is 0 Å². The lowest BCUT2D eigenvalue weighted by Gasteiger charge is -2.10. The summed E-state index contributed by atoms with van der Waals surface area (Å²) < 4.78 is 1.96. The first-order chi connectivity index (χ1) is 11.9. The molecule has 132 valence electrons. The highest BCUT2D eigenvalue weighted by atomic mass is 32.2. The fraction of sp³-hybridized carbons (Fsp3) is 0.333. The smallest absolute Gasteiger partial charge is 0.234 e. The second-order valence-corrected chi connectivity index (χ2v) is 6.81. The van der Waals surface area contributed by atoms with E-state index < -0.39 is 0 Å². The van der Waals surface area contributed by atoms with Crippen LogP contribution in [0.5, 0.6) is 0 Å². The number of benzene rings is 1. The Hall–Kier alpha value is -2.41. The largest absolute Gasteiger partial charge is 0.325 e. The number of hydrogen-bond donors (Lipinski definition) is 1. The molecule has 0 spiro atoms. The van der Waals surface area contributed by atoms with Crippen LogP contribution in [0, 0.1) is 0 Å². The van der Waals surface area contributed by atoms with Gasteiger partial charge in [0.2, 0.25) is 5.91 Å². The molecule has 0 radical (unpaired) electrons. The number of carbonyl (C=O) groups excluding carboxylic acids is 2. The van der Waals surface area contributed by atoms with Crippen molar-refractivity contribution in [3.05, 3.63) is 48.3 Å². The number of nitrogens with zero attached hydrogens (tertiary/aromatic N) is 3. The molecule has 25 heavy (non-hydrogen) atoms. The molecule has 6 nitrogen and oxygen atoms in total. The Balaban J connectivity index is 2.02. The Labute approximate surface area is 151 Å². The standard InChI is InChI=1S/C18H22N4O2S/c1-5-9-22-17(12(2)3)20-21-18(22)25-11-16(24)19-15-8-6-7-14(10-15)13(4)23/h5-8,10,12H,1,9,11H2,2-4H3,(H,19,24). The van der Waals surface area contributed by atoms with Crippen LogP contribution in [0.3, 0.4) is 0 Å². The Morgan fingerprint density at radius 3 is 2.76 bits per heavy atom. The van der Waals surface area contributed by atoms with E-state index in [1.807, 2.05) is 18.4 Å². The van der Waals surface area contributed by atoms with Crippen molar-refractivity contribution < 1.29 is 9.59 Å². The lowest BCUT2D eigenvalue weighted by molar-refractivity contribution is -0.113. The Kier molecular flexibility index (Phi) is 6.52. The third-order valence-electron chi connectivity index (χ3n) is 3.46. The van der Waals surface area contributed by atoms with Gasteiger partial charge in [-0.05, 0) is 19.1 Å². The second-order valence-electron chi connectivity index (χ2n) is 5.87. The van der Waals surface area contributed by atoms with Gasteiger partial charge in [-0.2, -0.15) is 0 Å². The van der Waals surface area contributed by atoms with Crippen molar-refractivity contribution in [3.63, 3.8) is 0 Å². The van der Waals surface area contributed by atoms with Gasteiger partial charge in [0, 0.05) is 23.7 Å². The first kappa shape index (κ1) is 18.9. The van der Waals surface area contributed by atoms with Crippen LogP contribution in [0.15, 0.2) is 42.1 Å². The van der Waals surface area contributed by atoms with Crippen LogP contribution < -0.4 is 5.32 Å². The van der Waals surface area contributed by atoms with Crippen LogP contribution >= 0.6 is 11.8 Å². The summed E-state index contributed by atoms with van der Waals surface area (Å²) in [5, 5.41) is 11.9. The molecule has 0 aliphatic rings. The summed E-state index contributed by atoms with van der Waals surface area (Å²) in [6.07, 6.45) is 1.78. The van der Waals surface area contributed by atoms with Gasteiger partial charge < -0.3 is 9.88 Å². The zero-order valence-corrected chi connectivity index (χ0v) is 15.5. The number of aromatic nitrogens is 3. The SMILES string of the molecule is C=CCn1c(SCC(=O)Nc2cccc(C(C)=O)c2)nnc1C(C)C. The molecule has 2 rings (SSSR count). The fourth-order valence-corrected chi connectivity index (χ4v) is 3.03. The van der Waals surface area contributed by atoms with Crippen molar-refractivity contribution >= 4 is 29.1 Å². The van der Waals surface area contributed by atoms with E-state index in [0.717, 1.165) is 5.82 Å². The number of amides is 1. The molecule has 7 heteroatoms. The van der Waals surface area contributed by atoms with Gasteiger partial charge in [0.05, 0.1) is 5.75 Å². The minimum absolute atomic E-state index is 0.0378. The molecule has 0 saturated carbocycles. The highest BCUT2D eigenvalue weighted by Gasteiger charge is 2.15. The maximum absolute atomic E-state index is 12.2. The van der Waals surface area contributed by atoms with Crippen LogP contribution in [0.1, 0.15) is 42.9 Å². The molecule has 1 aromatic carbocycles. The molecule has 0 bridgehead atoms. The van der Waals surface area contributed by atoms with Gasteiger partial charge >= 0.3 is 0 Å². The van der Waals surface area contributed by atoms with E-state index in [2.05, 4.69) is 22.1 Å². The van der Waals surface area contributed by atoms with Crippen molar-refractivity contribution in [2.75, 3.05) is 11.1 Å². The van der Waals surface area contributed by atoms with Crippen molar-refractivity contribution in [3.8, 4) is 0 Å². The Morgan fingerprint density at radius 2 is 2.12 bits per heavy atom. The molecule has 0 saturated heterocycles. The first-order valence-corrected chi connectivity index (χ1v) is 8.98. The molecule has 2 aromatic rings. The van der Waals surface area contributed by atoms with E-state index in [1.54, 1.807) is 30.3 Å². The Morgan fingerprint density at radius 1 is 1.36 bits per heavy atom. The monoisotopic (exact) mass is 358 g/mol. The Bertz CT molecular complexity index is 783. The molecule has 0 fully saturated rings. The van der Waals surface area contributed by atoms with E-state index in [4.69, 9.17) is 0 Å². The molecule has 0 aliphatic heterocycles. The van der Waals surface area contributed by atoms with Crippen LogP contribution in [-0.4, -0.2) is 32.2 Å². The predicted molar refractivity (Wildman–Crippen MR) is 100 cm³/mol. The van der Waals surface area contributed by atoms with Crippen molar-refractivity contribution in [2.24, 2.45) is 0 Å². The number of Topliss-reactive ketones (excluding diaryl/α,β-unsaturated/α-hetero) is 1. The number of rotatable bonds is 8. The molecule has 1 heterocycles. The number of thioether (sulfide) groups is 1. The minimum Gasteiger partial charge on any atom is -0.325 e. The molecule has 0 unspecified atom stereocenters. The zero-order chi connectivity index (χ0) is 18.4. The molecular formula is C18H22N4O2S. The maximum Gasteiger partial charge on any atom is 0.234 e. The van der Waals surface area contributed by atoms with Gasteiger partial charge in [-0.15, -0.1) is 16.8 Å².